The molecule has 11 nitrogen and oxygen atoms in total. The second-order valence-electron chi connectivity index (χ2n) is 8.77. The van der Waals surface area contributed by atoms with Crippen molar-refractivity contribution in [2.24, 2.45) is 4.99 Å². The molecule has 3 aromatic carbocycles. The number of carbonyl (C=O) groups excluding carboxylic acids is 3. The van der Waals surface area contributed by atoms with Gasteiger partial charge in [-0.05, 0) is 18.2 Å². The summed E-state index contributed by atoms with van der Waals surface area (Å²) in [5.41, 5.74) is 1.46. The Morgan fingerprint density at radius 1 is 1.00 bits per heavy atom. The number of nitrogens with zero attached hydrogens (tertiary/aromatic N) is 2. The van der Waals surface area contributed by atoms with E-state index in [1.165, 1.54) is 18.2 Å². The standard InChI is InChI=1S/C27H22Cl2N4O7S/c28-19-10-6-11-20(29)25(19)41(39,40)32-26-27(38)33(14-22(35)30-17(15-34)13-23(36)37)21-12-5-4-9-18(21)24(31-26)16-7-2-1-3-8-16/h1-12,15,17,26,32H,13-14H2,(H,30,35)(H,36,37). The molecule has 2 atom stereocenters. The van der Waals surface area contributed by atoms with Crippen molar-refractivity contribution in [3.8, 4) is 0 Å². The second kappa shape index (κ2) is 12.6. The van der Waals surface area contributed by atoms with E-state index in [0.29, 0.717) is 11.1 Å². The van der Waals surface area contributed by atoms with Gasteiger partial charge in [0.2, 0.25) is 15.9 Å². The van der Waals surface area contributed by atoms with Gasteiger partial charge in [0.05, 0.1) is 33.9 Å². The lowest BCUT2D eigenvalue weighted by molar-refractivity contribution is -0.138. The van der Waals surface area contributed by atoms with Crippen LogP contribution in [0, 0.1) is 0 Å². The van der Waals surface area contributed by atoms with Gasteiger partial charge in [0.25, 0.3) is 5.91 Å². The van der Waals surface area contributed by atoms with Crippen LogP contribution in [0.2, 0.25) is 10.0 Å². The first-order valence-corrected chi connectivity index (χ1v) is 14.2. The zero-order valence-electron chi connectivity index (χ0n) is 21.0. The predicted molar refractivity (Wildman–Crippen MR) is 152 cm³/mol. The second-order valence-corrected chi connectivity index (χ2v) is 11.2. The molecule has 3 aromatic rings. The highest BCUT2D eigenvalue weighted by Crippen LogP contribution is 2.31. The maximum Gasteiger partial charge on any atom is 0.305 e. The molecule has 2 amide bonds. The highest BCUT2D eigenvalue weighted by molar-refractivity contribution is 7.89. The van der Waals surface area contributed by atoms with E-state index in [2.05, 4.69) is 15.0 Å². The molecule has 0 bridgehead atoms. The van der Waals surface area contributed by atoms with Gasteiger partial charge >= 0.3 is 5.97 Å². The smallest absolute Gasteiger partial charge is 0.305 e. The summed E-state index contributed by atoms with van der Waals surface area (Å²) in [6, 6.07) is 18.0. The molecule has 212 valence electrons. The van der Waals surface area contributed by atoms with Gasteiger partial charge in [-0.1, -0.05) is 77.8 Å². The number of benzene rings is 3. The van der Waals surface area contributed by atoms with E-state index < -0.39 is 57.9 Å². The fourth-order valence-corrected chi connectivity index (χ4v) is 6.38. The number of amides is 2. The van der Waals surface area contributed by atoms with Crippen LogP contribution < -0.4 is 14.9 Å². The molecule has 14 heteroatoms. The average molecular weight is 617 g/mol. The van der Waals surface area contributed by atoms with Gasteiger partial charge in [0.1, 0.15) is 17.7 Å². The van der Waals surface area contributed by atoms with E-state index in [-0.39, 0.29) is 27.7 Å². The Bertz CT molecular complexity index is 1630. The summed E-state index contributed by atoms with van der Waals surface area (Å²) < 4.78 is 29.1. The molecule has 0 aromatic heterocycles. The van der Waals surface area contributed by atoms with Crippen LogP contribution in [0.15, 0.2) is 82.7 Å². The number of nitrogens with one attached hydrogen (secondary N) is 2. The average Bonchev–Trinajstić information content (AvgIpc) is 3.03. The summed E-state index contributed by atoms with van der Waals surface area (Å²) in [7, 11) is -4.53. The Morgan fingerprint density at radius 2 is 1.63 bits per heavy atom. The topological polar surface area (TPSA) is 162 Å². The fourth-order valence-electron chi connectivity index (χ4n) is 4.16. The Kier molecular flexibility index (Phi) is 9.18. The van der Waals surface area contributed by atoms with Crippen molar-refractivity contribution in [2.75, 3.05) is 11.4 Å². The molecule has 0 spiro atoms. The van der Waals surface area contributed by atoms with E-state index in [1.807, 2.05) is 0 Å². The van der Waals surface area contributed by atoms with Crippen LogP contribution in [0.4, 0.5) is 5.69 Å². The number of sulfonamides is 1. The van der Waals surface area contributed by atoms with Gasteiger partial charge in [-0.15, -0.1) is 0 Å². The van der Waals surface area contributed by atoms with Gasteiger partial charge in [-0.25, -0.2) is 8.42 Å². The Labute approximate surface area is 244 Å². The van der Waals surface area contributed by atoms with E-state index in [0.717, 1.165) is 4.90 Å². The fraction of sp³-hybridized carbons (Fsp3) is 0.148. The monoisotopic (exact) mass is 616 g/mol. The van der Waals surface area contributed by atoms with Crippen LogP contribution in [0.5, 0.6) is 0 Å². The molecule has 0 saturated heterocycles. The van der Waals surface area contributed by atoms with E-state index >= 15 is 0 Å². The van der Waals surface area contributed by atoms with Crippen LogP contribution in [0.1, 0.15) is 17.5 Å². The zero-order chi connectivity index (χ0) is 29.7. The summed E-state index contributed by atoms with van der Waals surface area (Å²) in [6.07, 6.45) is -2.17. The largest absolute Gasteiger partial charge is 0.481 e. The summed E-state index contributed by atoms with van der Waals surface area (Å²) in [6.45, 7) is -0.678. The third kappa shape index (κ3) is 6.80. The summed E-state index contributed by atoms with van der Waals surface area (Å²) >= 11 is 12.3. The quantitative estimate of drug-likeness (QED) is 0.295. The minimum Gasteiger partial charge on any atom is -0.481 e. The van der Waals surface area contributed by atoms with Crippen molar-refractivity contribution in [3.63, 3.8) is 0 Å². The number of carboxylic acid groups (broad SMARTS) is 1. The number of hydrogen-bond acceptors (Lipinski definition) is 7. The number of aldehydes is 1. The zero-order valence-corrected chi connectivity index (χ0v) is 23.4. The molecule has 1 aliphatic heterocycles. The van der Waals surface area contributed by atoms with Crippen molar-refractivity contribution in [1.29, 1.82) is 0 Å². The number of hydrogen-bond donors (Lipinski definition) is 3. The minimum atomic E-state index is -4.53. The number of halogens is 2. The highest BCUT2D eigenvalue weighted by Gasteiger charge is 2.37. The number of fused-ring (bicyclic) bond motifs is 1. The molecule has 3 N–H and O–H groups in total. The first-order valence-electron chi connectivity index (χ1n) is 12.0. The molecule has 0 saturated carbocycles. The predicted octanol–water partition coefficient (Wildman–Crippen LogP) is 2.64. The SMILES string of the molecule is O=CC(CC(=O)O)NC(=O)CN1C(=O)C(NS(=O)(=O)c2c(Cl)cccc2Cl)N=C(c2ccccc2)c2ccccc21. The van der Waals surface area contributed by atoms with E-state index in [9.17, 15) is 27.6 Å². The molecule has 4 rings (SSSR count). The summed E-state index contributed by atoms with van der Waals surface area (Å²) in [5, 5.41) is 10.9. The lowest BCUT2D eigenvalue weighted by atomic mass is 10.0. The van der Waals surface area contributed by atoms with Crippen LogP contribution in [0.25, 0.3) is 0 Å². The number of para-hydroxylation sites is 1. The molecule has 0 fully saturated rings. The molecule has 0 radical (unpaired) electrons. The first kappa shape index (κ1) is 29.9. The van der Waals surface area contributed by atoms with Crippen molar-refractivity contribution < 1.29 is 32.7 Å². The number of carboxylic acids is 1. The molecule has 41 heavy (non-hydrogen) atoms. The maximum atomic E-state index is 13.9. The van der Waals surface area contributed by atoms with Crippen molar-refractivity contribution in [2.45, 2.75) is 23.5 Å². The van der Waals surface area contributed by atoms with Gasteiger partial charge in [0.15, 0.2) is 6.17 Å². The van der Waals surface area contributed by atoms with Gasteiger partial charge < -0.3 is 15.2 Å². The van der Waals surface area contributed by atoms with Crippen LogP contribution in [0.3, 0.4) is 0 Å². The molecule has 1 aliphatic rings. The normalized spacial score (nSPS) is 15.8. The Balaban J connectivity index is 1.81. The Morgan fingerprint density at radius 3 is 2.27 bits per heavy atom. The number of anilines is 1. The third-order valence-corrected chi connectivity index (χ3v) is 8.28. The Hall–Kier alpha value is -4.10. The molecule has 0 aliphatic carbocycles. The number of rotatable bonds is 10. The van der Waals surface area contributed by atoms with Gasteiger partial charge in [0, 0.05) is 11.1 Å². The highest BCUT2D eigenvalue weighted by atomic mass is 35.5. The van der Waals surface area contributed by atoms with Gasteiger partial charge in [-0.2, -0.15) is 4.72 Å². The maximum absolute atomic E-state index is 13.9. The van der Waals surface area contributed by atoms with Gasteiger partial charge in [-0.3, -0.25) is 24.3 Å². The number of aliphatic carboxylic acids is 1. The summed E-state index contributed by atoms with van der Waals surface area (Å²) in [4.78, 5) is 54.2. The van der Waals surface area contributed by atoms with Crippen molar-refractivity contribution in [3.05, 3.63) is 94.0 Å². The number of aliphatic imine (C=N–C) groups is 1. The third-order valence-electron chi connectivity index (χ3n) is 5.92. The molecular formula is C27H22Cl2N4O7S. The van der Waals surface area contributed by atoms with Crippen LogP contribution >= 0.6 is 23.2 Å². The van der Waals surface area contributed by atoms with Crippen LogP contribution in [-0.2, 0) is 29.2 Å². The lowest BCUT2D eigenvalue weighted by Crippen LogP contribution is -2.51. The summed E-state index contributed by atoms with van der Waals surface area (Å²) in [5.74, 6) is -3.09. The van der Waals surface area contributed by atoms with E-state index in [1.54, 1.807) is 54.6 Å². The van der Waals surface area contributed by atoms with E-state index in [4.69, 9.17) is 28.3 Å². The van der Waals surface area contributed by atoms with Crippen LogP contribution in [-0.4, -0.2) is 62.1 Å². The molecule has 2 unspecified atom stereocenters. The molecule has 1 heterocycles. The van der Waals surface area contributed by atoms with Crippen molar-refractivity contribution >= 4 is 68.7 Å². The first-order chi connectivity index (χ1) is 19.5. The molecular weight excluding hydrogens is 595 g/mol. The number of carbonyl (C=O) groups is 4. The number of benzodiazepines with no additional fused rings is 1. The minimum absolute atomic E-state index is 0.184. The van der Waals surface area contributed by atoms with Crippen molar-refractivity contribution in [1.82, 2.24) is 10.0 Å². The lowest BCUT2D eigenvalue weighted by Gasteiger charge is -2.25.